The van der Waals surface area contributed by atoms with Crippen LogP contribution in [0, 0.1) is 11.8 Å². The Morgan fingerprint density at radius 3 is 2.44 bits per heavy atom. The number of carbonyl (C=O) groups excluding carboxylic acids is 1. The highest BCUT2D eigenvalue weighted by Gasteiger charge is 2.33. The number of aliphatic hydroxyl groups is 1. The summed E-state index contributed by atoms with van der Waals surface area (Å²) in [5, 5.41) is 23.5. The average Bonchev–Trinajstić information content (AvgIpc) is 2.59. The molecule has 0 aromatic heterocycles. The number of aliphatic carboxylic acids is 1. The van der Waals surface area contributed by atoms with E-state index < -0.39 is 18.1 Å². The monoisotopic (exact) mass is 230 g/mol. The molecule has 1 rings (SSSR count). The molecule has 1 aliphatic rings. The summed E-state index contributed by atoms with van der Waals surface area (Å²) in [6.07, 6.45) is -1.11. The van der Waals surface area contributed by atoms with E-state index in [1.165, 1.54) is 6.92 Å². The van der Waals surface area contributed by atoms with Crippen molar-refractivity contribution in [2.45, 2.75) is 26.0 Å². The van der Waals surface area contributed by atoms with Crippen molar-refractivity contribution in [1.29, 1.82) is 0 Å². The number of nitrogens with one attached hydrogen (secondary N) is 2. The Labute approximate surface area is 94.0 Å². The van der Waals surface area contributed by atoms with Crippen molar-refractivity contribution in [3.63, 3.8) is 0 Å². The van der Waals surface area contributed by atoms with Crippen LogP contribution in [0.4, 0.5) is 0 Å². The predicted octanol–water partition coefficient (Wildman–Crippen LogP) is -1.21. The normalized spacial score (nSPS) is 28.4. The lowest BCUT2D eigenvalue weighted by atomic mass is 9.96. The number of aliphatic hydroxyl groups excluding tert-OH is 1. The van der Waals surface area contributed by atoms with Crippen LogP contribution in [0.5, 0.6) is 0 Å². The molecule has 0 radical (unpaired) electrons. The largest absolute Gasteiger partial charge is 0.480 e. The van der Waals surface area contributed by atoms with Crippen LogP contribution in [0.3, 0.4) is 0 Å². The highest BCUT2D eigenvalue weighted by atomic mass is 16.4. The molecular formula is C10H18N2O4. The summed E-state index contributed by atoms with van der Waals surface area (Å²) in [4.78, 5) is 22.5. The Bertz CT molecular complexity index is 280. The maximum atomic E-state index is 11.7. The van der Waals surface area contributed by atoms with Gasteiger partial charge in [-0.3, -0.25) is 4.79 Å². The third-order valence-corrected chi connectivity index (χ3v) is 2.90. The van der Waals surface area contributed by atoms with Gasteiger partial charge >= 0.3 is 5.97 Å². The SMILES string of the molecule is CC(O)C(NC(=O)C1CNCC1C)C(=O)O. The van der Waals surface area contributed by atoms with Gasteiger partial charge in [-0.15, -0.1) is 0 Å². The molecule has 1 aliphatic heterocycles. The molecule has 0 spiro atoms. The van der Waals surface area contributed by atoms with E-state index in [9.17, 15) is 14.7 Å². The number of carboxylic acid groups (broad SMARTS) is 1. The Morgan fingerprint density at radius 2 is 2.06 bits per heavy atom. The summed E-state index contributed by atoms with van der Waals surface area (Å²) in [5.41, 5.74) is 0. The zero-order chi connectivity index (χ0) is 12.3. The van der Waals surface area contributed by atoms with Crippen molar-refractivity contribution in [2.75, 3.05) is 13.1 Å². The number of rotatable bonds is 4. The van der Waals surface area contributed by atoms with Crippen molar-refractivity contribution < 1.29 is 19.8 Å². The van der Waals surface area contributed by atoms with Gasteiger partial charge in [-0.2, -0.15) is 0 Å². The Hall–Kier alpha value is -1.14. The summed E-state index contributed by atoms with van der Waals surface area (Å²) in [6, 6.07) is -1.24. The molecule has 1 fully saturated rings. The fraction of sp³-hybridized carbons (Fsp3) is 0.800. The van der Waals surface area contributed by atoms with E-state index >= 15 is 0 Å². The molecule has 0 aromatic rings. The van der Waals surface area contributed by atoms with Gasteiger partial charge in [0.2, 0.25) is 5.91 Å². The number of amides is 1. The van der Waals surface area contributed by atoms with Gasteiger partial charge in [-0.1, -0.05) is 6.92 Å². The molecule has 6 nitrogen and oxygen atoms in total. The third-order valence-electron chi connectivity index (χ3n) is 2.90. The van der Waals surface area contributed by atoms with Gasteiger partial charge in [0.05, 0.1) is 12.0 Å². The first-order valence-corrected chi connectivity index (χ1v) is 5.35. The Kier molecular flexibility index (Phi) is 4.26. The second kappa shape index (κ2) is 5.27. The first-order valence-electron chi connectivity index (χ1n) is 5.35. The maximum Gasteiger partial charge on any atom is 0.328 e. The van der Waals surface area contributed by atoms with Crippen LogP contribution in [-0.2, 0) is 9.59 Å². The zero-order valence-electron chi connectivity index (χ0n) is 9.43. The fourth-order valence-electron chi connectivity index (χ4n) is 1.81. The summed E-state index contributed by atoms with van der Waals surface area (Å²) >= 11 is 0. The second-order valence-corrected chi connectivity index (χ2v) is 4.31. The van der Waals surface area contributed by atoms with E-state index in [2.05, 4.69) is 10.6 Å². The quantitative estimate of drug-likeness (QED) is 0.486. The van der Waals surface area contributed by atoms with E-state index in [1.54, 1.807) is 0 Å². The Balaban J connectivity index is 2.58. The van der Waals surface area contributed by atoms with Crippen molar-refractivity contribution in [2.24, 2.45) is 11.8 Å². The van der Waals surface area contributed by atoms with Crippen LogP contribution >= 0.6 is 0 Å². The summed E-state index contributed by atoms with van der Waals surface area (Å²) < 4.78 is 0. The van der Waals surface area contributed by atoms with Gasteiger partial charge < -0.3 is 20.8 Å². The molecule has 92 valence electrons. The van der Waals surface area contributed by atoms with Gasteiger partial charge in [0, 0.05) is 6.54 Å². The zero-order valence-corrected chi connectivity index (χ0v) is 9.43. The van der Waals surface area contributed by atoms with E-state index in [1.807, 2.05) is 6.92 Å². The number of hydrogen-bond acceptors (Lipinski definition) is 4. The van der Waals surface area contributed by atoms with Crippen LogP contribution in [-0.4, -0.2) is 47.3 Å². The molecule has 4 atom stereocenters. The molecule has 6 heteroatoms. The van der Waals surface area contributed by atoms with Crippen LogP contribution in [0.15, 0.2) is 0 Å². The molecule has 0 bridgehead atoms. The molecule has 0 aromatic carbocycles. The van der Waals surface area contributed by atoms with Crippen LogP contribution < -0.4 is 10.6 Å². The van der Waals surface area contributed by atoms with Gasteiger partial charge in [0.25, 0.3) is 0 Å². The molecule has 0 saturated carbocycles. The fourth-order valence-corrected chi connectivity index (χ4v) is 1.81. The first kappa shape index (κ1) is 12.9. The van der Waals surface area contributed by atoms with E-state index in [-0.39, 0.29) is 17.7 Å². The number of hydrogen-bond donors (Lipinski definition) is 4. The van der Waals surface area contributed by atoms with Gasteiger partial charge in [0.1, 0.15) is 0 Å². The van der Waals surface area contributed by atoms with E-state index in [0.29, 0.717) is 6.54 Å². The molecule has 1 amide bonds. The minimum Gasteiger partial charge on any atom is -0.480 e. The second-order valence-electron chi connectivity index (χ2n) is 4.31. The topological polar surface area (TPSA) is 98.7 Å². The van der Waals surface area contributed by atoms with Crippen molar-refractivity contribution in [3.05, 3.63) is 0 Å². The smallest absolute Gasteiger partial charge is 0.328 e. The highest BCUT2D eigenvalue weighted by molar-refractivity contribution is 5.85. The van der Waals surface area contributed by atoms with Crippen molar-refractivity contribution in [3.8, 4) is 0 Å². The number of carbonyl (C=O) groups is 2. The summed E-state index contributed by atoms with van der Waals surface area (Å²) in [7, 11) is 0. The predicted molar refractivity (Wildman–Crippen MR) is 56.8 cm³/mol. The maximum absolute atomic E-state index is 11.7. The number of carboxylic acids is 1. The molecule has 4 unspecified atom stereocenters. The molecule has 1 saturated heterocycles. The lowest BCUT2D eigenvalue weighted by Gasteiger charge is -2.20. The minimum absolute atomic E-state index is 0.184. The van der Waals surface area contributed by atoms with E-state index in [4.69, 9.17) is 5.11 Å². The molecule has 1 heterocycles. The average molecular weight is 230 g/mol. The summed E-state index contributed by atoms with van der Waals surface area (Å²) in [6.45, 7) is 4.58. The molecule has 16 heavy (non-hydrogen) atoms. The first-order chi connectivity index (χ1) is 7.43. The van der Waals surface area contributed by atoms with Crippen LogP contribution in [0.2, 0.25) is 0 Å². The molecule has 0 aliphatic carbocycles. The van der Waals surface area contributed by atoms with Crippen molar-refractivity contribution >= 4 is 11.9 Å². The molecule has 4 N–H and O–H groups in total. The van der Waals surface area contributed by atoms with Crippen molar-refractivity contribution in [1.82, 2.24) is 10.6 Å². The highest BCUT2D eigenvalue weighted by Crippen LogP contribution is 2.16. The lowest BCUT2D eigenvalue weighted by molar-refractivity contribution is -0.145. The summed E-state index contributed by atoms with van der Waals surface area (Å²) in [5.74, 6) is -1.57. The standard InChI is InChI=1S/C10H18N2O4/c1-5-3-11-4-7(5)9(14)12-8(6(2)13)10(15)16/h5-8,11,13H,3-4H2,1-2H3,(H,12,14)(H,15,16). The van der Waals surface area contributed by atoms with Gasteiger partial charge in [-0.25, -0.2) is 4.79 Å². The van der Waals surface area contributed by atoms with Crippen LogP contribution in [0.25, 0.3) is 0 Å². The van der Waals surface area contributed by atoms with Gasteiger partial charge in [0.15, 0.2) is 6.04 Å². The Morgan fingerprint density at radius 1 is 1.44 bits per heavy atom. The minimum atomic E-state index is -1.24. The third kappa shape index (κ3) is 2.93. The van der Waals surface area contributed by atoms with E-state index in [0.717, 1.165) is 6.54 Å². The lowest BCUT2D eigenvalue weighted by Crippen LogP contribution is -2.50. The molecular weight excluding hydrogens is 212 g/mol. The van der Waals surface area contributed by atoms with Gasteiger partial charge in [-0.05, 0) is 19.4 Å². The van der Waals surface area contributed by atoms with Crippen LogP contribution in [0.1, 0.15) is 13.8 Å².